The number of nitrogens with one attached hydrogen (secondary N) is 1. The topological polar surface area (TPSA) is 45.2 Å². The number of hydrogen-bond acceptors (Lipinski definition) is 3. The summed E-state index contributed by atoms with van der Waals surface area (Å²) in [5.41, 5.74) is 0. The summed E-state index contributed by atoms with van der Waals surface area (Å²) in [4.78, 5) is 19.0. The van der Waals surface area contributed by atoms with Crippen LogP contribution < -0.4 is 5.32 Å². The molecular formula is C19H22ClN3O. The van der Waals surface area contributed by atoms with Gasteiger partial charge >= 0.3 is 0 Å². The van der Waals surface area contributed by atoms with Crippen molar-refractivity contribution in [2.75, 3.05) is 18.4 Å². The number of pyridine rings is 1. The van der Waals surface area contributed by atoms with Gasteiger partial charge in [-0.2, -0.15) is 0 Å². The molecule has 2 aliphatic rings. The molecule has 126 valence electrons. The van der Waals surface area contributed by atoms with Crippen molar-refractivity contribution in [2.24, 2.45) is 5.92 Å². The van der Waals surface area contributed by atoms with Crippen molar-refractivity contribution in [1.82, 2.24) is 9.88 Å². The molecule has 1 aromatic carbocycles. The van der Waals surface area contributed by atoms with E-state index < -0.39 is 0 Å². The largest absolute Gasteiger partial charge is 0.365 e. The van der Waals surface area contributed by atoms with Gasteiger partial charge in [-0.3, -0.25) is 4.79 Å². The van der Waals surface area contributed by atoms with E-state index in [0.29, 0.717) is 11.1 Å². The SMILES string of the molecule is O=C(C1CCCC1)N1CCC(Nc2cc3ccccc3c(Cl)n2)C1. The predicted octanol–water partition coefficient (Wildman–Crippen LogP) is 4.09. The summed E-state index contributed by atoms with van der Waals surface area (Å²) in [6.07, 6.45) is 5.49. The molecule has 1 unspecified atom stereocenters. The molecule has 1 saturated carbocycles. The second kappa shape index (κ2) is 6.60. The Morgan fingerprint density at radius 1 is 1.21 bits per heavy atom. The molecule has 1 saturated heterocycles. The third-order valence-electron chi connectivity index (χ3n) is 5.25. The minimum absolute atomic E-state index is 0.250. The van der Waals surface area contributed by atoms with E-state index in [1.165, 1.54) is 12.8 Å². The first kappa shape index (κ1) is 15.7. The summed E-state index contributed by atoms with van der Waals surface area (Å²) in [5.74, 6) is 1.40. The maximum Gasteiger partial charge on any atom is 0.225 e. The maximum atomic E-state index is 12.5. The highest BCUT2D eigenvalue weighted by molar-refractivity contribution is 6.34. The Bertz CT molecular complexity index is 757. The van der Waals surface area contributed by atoms with Crippen LogP contribution in [0.4, 0.5) is 5.82 Å². The maximum absolute atomic E-state index is 12.5. The minimum atomic E-state index is 0.250. The van der Waals surface area contributed by atoms with Gasteiger partial charge in [-0.1, -0.05) is 48.7 Å². The van der Waals surface area contributed by atoms with E-state index in [-0.39, 0.29) is 12.0 Å². The van der Waals surface area contributed by atoms with Crippen molar-refractivity contribution in [3.8, 4) is 0 Å². The van der Waals surface area contributed by atoms with Crippen LogP contribution in [0.15, 0.2) is 30.3 Å². The second-order valence-electron chi connectivity index (χ2n) is 6.92. The minimum Gasteiger partial charge on any atom is -0.365 e. The Hall–Kier alpha value is -1.81. The number of carbonyl (C=O) groups excluding carboxylic acids is 1. The number of anilines is 1. The van der Waals surface area contributed by atoms with Crippen LogP contribution in [0.5, 0.6) is 0 Å². The van der Waals surface area contributed by atoms with E-state index in [1.807, 2.05) is 35.2 Å². The summed E-state index contributed by atoms with van der Waals surface area (Å²) < 4.78 is 0. The lowest BCUT2D eigenvalue weighted by Gasteiger charge is -2.21. The highest BCUT2D eigenvalue weighted by atomic mass is 35.5. The molecule has 2 heterocycles. The Labute approximate surface area is 147 Å². The summed E-state index contributed by atoms with van der Waals surface area (Å²) in [6.45, 7) is 1.61. The number of halogens is 1. The zero-order chi connectivity index (χ0) is 16.5. The number of nitrogens with zero attached hydrogens (tertiary/aromatic N) is 2. The molecule has 2 fully saturated rings. The van der Waals surface area contributed by atoms with Crippen molar-refractivity contribution in [3.05, 3.63) is 35.5 Å². The van der Waals surface area contributed by atoms with Gasteiger partial charge < -0.3 is 10.2 Å². The van der Waals surface area contributed by atoms with Crippen LogP contribution >= 0.6 is 11.6 Å². The Kier molecular flexibility index (Phi) is 4.31. The highest BCUT2D eigenvalue weighted by Gasteiger charge is 2.32. The molecule has 0 spiro atoms. The van der Waals surface area contributed by atoms with Gasteiger partial charge in [0.05, 0.1) is 0 Å². The van der Waals surface area contributed by atoms with Gasteiger partial charge in [0.25, 0.3) is 0 Å². The van der Waals surface area contributed by atoms with E-state index >= 15 is 0 Å². The molecule has 1 aliphatic carbocycles. The van der Waals surface area contributed by atoms with Crippen LogP contribution in [-0.2, 0) is 4.79 Å². The number of amides is 1. The lowest BCUT2D eigenvalue weighted by molar-refractivity contribution is -0.134. The average molecular weight is 344 g/mol. The van der Waals surface area contributed by atoms with Gasteiger partial charge in [0.1, 0.15) is 11.0 Å². The molecule has 1 N–H and O–H groups in total. The van der Waals surface area contributed by atoms with Gasteiger partial charge in [-0.05, 0) is 30.7 Å². The zero-order valence-corrected chi connectivity index (χ0v) is 14.4. The fourth-order valence-electron chi connectivity index (χ4n) is 3.95. The lowest BCUT2D eigenvalue weighted by atomic mass is 10.1. The smallest absolute Gasteiger partial charge is 0.225 e. The van der Waals surface area contributed by atoms with Crippen molar-refractivity contribution < 1.29 is 4.79 Å². The first-order chi connectivity index (χ1) is 11.7. The van der Waals surface area contributed by atoms with Crippen LogP contribution in [0.3, 0.4) is 0 Å². The predicted molar refractivity (Wildman–Crippen MR) is 97.3 cm³/mol. The lowest BCUT2D eigenvalue weighted by Crippen LogP contribution is -2.35. The van der Waals surface area contributed by atoms with Gasteiger partial charge in [0.15, 0.2) is 0 Å². The molecule has 0 radical (unpaired) electrons. The fourth-order valence-corrected chi connectivity index (χ4v) is 4.21. The third-order valence-corrected chi connectivity index (χ3v) is 5.54. The number of rotatable bonds is 3. The molecule has 1 atom stereocenters. The number of benzene rings is 1. The monoisotopic (exact) mass is 343 g/mol. The van der Waals surface area contributed by atoms with E-state index in [2.05, 4.69) is 10.3 Å². The third kappa shape index (κ3) is 3.07. The van der Waals surface area contributed by atoms with Crippen molar-refractivity contribution in [2.45, 2.75) is 38.1 Å². The average Bonchev–Trinajstić information content (AvgIpc) is 3.26. The highest BCUT2D eigenvalue weighted by Crippen LogP contribution is 2.29. The Morgan fingerprint density at radius 3 is 2.83 bits per heavy atom. The van der Waals surface area contributed by atoms with Crippen LogP contribution in [-0.4, -0.2) is 34.9 Å². The molecule has 0 bridgehead atoms. The van der Waals surface area contributed by atoms with Gasteiger partial charge in [0.2, 0.25) is 5.91 Å². The molecule has 1 aliphatic heterocycles. The van der Waals surface area contributed by atoms with E-state index in [4.69, 9.17) is 11.6 Å². The zero-order valence-electron chi connectivity index (χ0n) is 13.7. The van der Waals surface area contributed by atoms with Crippen LogP contribution in [0.2, 0.25) is 5.15 Å². The first-order valence-electron chi connectivity index (χ1n) is 8.81. The fraction of sp³-hybridized carbons (Fsp3) is 0.474. The van der Waals surface area contributed by atoms with Crippen LogP contribution in [0, 0.1) is 5.92 Å². The molecule has 1 amide bonds. The van der Waals surface area contributed by atoms with E-state index in [0.717, 1.165) is 48.9 Å². The summed E-state index contributed by atoms with van der Waals surface area (Å²) in [5, 5.41) is 6.03. The van der Waals surface area contributed by atoms with Crippen molar-refractivity contribution >= 4 is 34.1 Å². The van der Waals surface area contributed by atoms with Crippen molar-refractivity contribution in [1.29, 1.82) is 0 Å². The summed E-state index contributed by atoms with van der Waals surface area (Å²) >= 11 is 6.30. The number of hydrogen-bond donors (Lipinski definition) is 1. The molecular weight excluding hydrogens is 322 g/mol. The van der Waals surface area contributed by atoms with Gasteiger partial charge in [0, 0.05) is 30.4 Å². The summed E-state index contributed by atoms with van der Waals surface area (Å²) in [7, 11) is 0. The molecule has 24 heavy (non-hydrogen) atoms. The normalized spacial score (nSPS) is 21.5. The molecule has 4 rings (SSSR count). The molecule has 4 nitrogen and oxygen atoms in total. The van der Waals surface area contributed by atoms with E-state index in [1.54, 1.807) is 0 Å². The number of aromatic nitrogens is 1. The van der Waals surface area contributed by atoms with Crippen LogP contribution in [0.1, 0.15) is 32.1 Å². The van der Waals surface area contributed by atoms with Crippen molar-refractivity contribution in [3.63, 3.8) is 0 Å². The first-order valence-corrected chi connectivity index (χ1v) is 9.19. The Morgan fingerprint density at radius 2 is 2.00 bits per heavy atom. The summed E-state index contributed by atoms with van der Waals surface area (Å²) in [6, 6.07) is 10.3. The number of carbonyl (C=O) groups is 1. The molecule has 1 aromatic heterocycles. The number of fused-ring (bicyclic) bond motifs is 1. The molecule has 5 heteroatoms. The van der Waals surface area contributed by atoms with Crippen LogP contribution in [0.25, 0.3) is 10.8 Å². The van der Waals surface area contributed by atoms with E-state index in [9.17, 15) is 4.79 Å². The van der Waals surface area contributed by atoms with Gasteiger partial charge in [-0.25, -0.2) is 4.98 Å². The number of likely N-dealkylation sites (tertiary alicyclic amines) is 1. The second-order valence-corrected chi connectivity index (χ2v) is 7.27. The standard InChI is InChI=1S/C19H22ClN3O/c20-18-16-8-4-3-7-14(16)11-17(22-18)21-15-9-10-23(12-15)19(24)13-5-1-2-6-13/h3-4,7-8,11,13,15H,1-2,5-6,9-10,12H2,(H,21,22). The quantitative estimate of drug-likeness (QED) is 0.854. The van der Waals surface area contributed by atoms with Gasteiger partial charge in [-0.15, -0.1) is 0 Å². The molecule has 2 aromatic rings. The Balaban J connectivity index is 1.44.